The molecular weight excluding hydrogens is 457 g/mol. The minimum atomic E-state index is -4.47. The number of anilines is 1. The molecule has 2 aliphatic rings. The summed E-state index contributed by atoms with van der Waals surface area (Å²) in [5.74, 6) is 2.13. The number of ether oxygens (including phenoxy) is 1. The number of amides is 2. The lowest BCUT2D eigenvalue weighted by Gasteiger charge is -2.41. The SMILES string of the molecule is C[C@@H]1CN(C2=Nc3ccccc3Oc3ccccc32)CCN1C(=O)Nc1cccc(C(F)(F)F)c1. The number of nitrogens with zero attached hydrogens (tertiary/aromatic N) is 3. The molecule has 180 valence electrons. The summed E-state index contributed by atoms with van der Waals surface area (Å²) in [6, 6.07) is 19.2. The van der Waals surface area contributed by atoms with Crippen molar-refractivity contribution < 1.29 is 22.7 Å². The van der Waals surface area contributed by atoms with Gasteiger partial charge >= 0.3 is 12.2 Å². The highest BCUT2D eigenvalue weighted by Gasteiger charge is 2.33. The summed E-state index contributed by atoms with van der Waals surface area (Å²) >= 11 is 0. The lowest BCUT2D eigenvalue weighted by Crippen LogP contribution is -2.56. The quantitative estimate of drug-likeness (QED) is 0.456. The average Bonchev–Trinajstić information content (AvgIpc) is 3.00. The van der Waals surface area contributed by atoms with E-state index in [4.69, 9.17) is 9.73 Å². The van der Waals surface area contributed by atoms with E-state index in [9.17, 15) is 18.0 Å². The van der Waals surface area contributed by atoms with Crippen LogP contribution >= 0.6 is 0 Å². The van der Waals surface area contributed by atoms with Crippen LogP contribution in [-0.4, -0.2) is 47.3 Å². The Morgan fingerprint density at radius 1 is 1.00 bits per heavy atom. The number of nitrogens with one attached hydrogen (secondary N) is 1. The van der Waals surface area contributed by atoms with Gasteiger partial charge in [-0.05, 0) is 49.4 Å². The van der Waals surface area contributed by atoms with Gasteiger partial charge in [0.2, 0.25) is 0 Å². The summed E-state index contributed by atoms with van der Waals surface area (Å²) in [5.41, 5.74) is 0.879. The van der Waals surface area contributed by atoms with Crippen molar-refractivity contribution in [2.75, 3.05) is 25.0 Å². The van der Waals surface area contributed by atoms with Crippen molar-refractivity contribution in [3.63, 3.8) is 0 Å². The van der Waals surface area contributed by atoms with Gasteiger partial charge in [0.15, 0.2) is 5.75 Å². The number of aliphatic imine (C=N–C) groups is 1. The number of fused-ring (bicyclic) bond motifs is 2. The Kier molecular flexibility index (Phi) is 5.84. The van der Waals surface area contributed by atoms with E-state index in [0.717, 1.165) is 29.2 Å². The Labute approximate surface area is 200 Å². The Morgan fingerprint density at radius 2 is 1.74 bits per heavy atom. The Hall–Kier alpha value is -4.01. The minimum Gasteiger partial charge on any atom is -0.454 e. The number of hydrogen-bond acceptors (Lipinski definition) is 4. The molecule has 0 unspecified atom stereocenters. The number of rotatable bonds is 1. The molecule has 3 aromatic carbocycles. The minimum absolute atomic E-state index is 0.107. The first kappa shape index (κ1) is 22.8. The molecule has 1 atom stereocenters. The number of piperazine rings is 1. The van der Waals surface area contributed by atoms with Gasteiger partial charge < -0.3 is 19.9 Å². The smallest absolute Gasteiger partial charge is 0.416 e. The van der Waals surface area contributed by atoms with Crippen LogP contribution in [0.25, 0.3) is 0 Å². The maximum Gasteiger partial charge on any atom is 0.416 e. The third-order valence-electron chi connectivity index (χ3n) is 6.07. The van der Waals surface area contributed by atoms with E-state index in [2.05, 4.69) is 10.2 Å². The van der Waals surface area contributed by atoms with Crippen molar-refractivity contribution in [1.82, 2.24) is 9.80 Å². The highest BCUT2D eigenvalue weighted by Crippen LogP contribution is 2.38. The fraction of sp³-hybridized carbons (Fsp3) is 0.231. The van der Waals surface area contributed by atoms with E-state index in [-0.39, 0.29) is 11.7 Å². The van der Waals surface area contributed by atoms with Gasteiger partial charge in [-0.3, -0.25) is 0 Å². The predicted octanol–water partition coefficient (Wildman–Crippen LogP) is 6.13. The maximum absolute atomic E-state index is 13.0. The molecule has 35 heavy (non-hydrogen) atoms. The lowest BCUT2D eigenvalue weighted by molar-refractivity contribution is -0.137. The molecule has 0 radical (unpaired) electrons. The highest BCUT2D eigenvalue weighted by molar-refractivity contribution is 6.04. The third-order valence-corrected chi connectivity index (χ3v) is 6.07. The topological polar surface area (TPSA) is 57.2 Å². The highest BCUT2D eigenvalue weighted by atomic mass is 19.4. The average molecular weight is 480 g/mol. The Morgan fingerprint density at radius 3 is 2.51 bits per heavy atom. The lowest BCUT2D eigenvalue weighted by atomic mass is 10.1. The van der Waals surface area contributed by atoms with Gasteiger partial charge in [0, 0.05) is 31.4 Å². The molecule has 0 saturated carbocycles. The molecule has 2 amide bonds. The van der Waals surface area contributed by atoms with Gasteiger partial charge in [-0.2, -0.15) is 13.2 Å². The van der Waals surface area contributed by atoms with Crippen LogP contribution in [0.5, 0.6) is 11.5 Å². The van der Waals surface area contributed by atoms with Crippen molar-refractivity contribution in [3.05, 3.63) is 83.9 Å². The molecule has 2 heterocycles. The van der Waals surface area contributed by atoms with E-state index in [1.807, 2.05) is 55.5 Å². The first-order valence-corrected chi connectivity index (χ1v) is 11.2. The zero-order chi connectivity index (χ0) is 24.6. The number of para-hydroxylation sites is 3. The number of carbonyl (C=O) groups is 1. The molecule has 5 rings (SSSR count). The van der Waals surface area contributed by atoms with Crippen molar-refractivity contribution >= 4 is 23.2 Å². The molecule has 1 N–H and O–H groups in total. The first-order valence-electron chi connectivity index (χ1n) is 11.2. The zero-order valence-corrected chi connectivity index (χ0v) is 18.9. The van der Waals surface area contributed by atoms with Gasteiger partial charge in [-0.15, -0.1) is 0 Å². The van der Waals surface area contributed by atoms with Gasteiger partial charge in [-0.1, -0.05) is 30.3 Å². The van der Waals surface area contributed by atoms with Crippen LogP contribution in [0.15, 0.2) is 77.8 Å². The van der Waals surface area contributed by atoms with Crippen LogP contribution in [0.1, 0.15) is 18.1 Å². The molecular formula is C26H23F3N4O2. The first-order chi connectivity index (χ1) is 16.8. The summed E-state index contributed by atoms with van der Waals surface area (Å²) in [4.78, 5) is 21.5. The van der Waals surface area contributed by atoms with E-state index >= 15 is 0 Å². The van der Waals surface area contributed by atoms with Crippen molar-refractivity contribution in [2.24, 2.45) is 4.99 Å². The zero-order valence-electron chi connectivity index (χ0n) is 18.9. The molecule has 6 nitrogen and oxygen atoms in total. The number of amidine groups is 1. The molecule has 1 saturated heterocycles. The largest absolute Gasteiger partial charge is 0.454 e. The van der Waals surface area contributed by atoms with Gasteiger partial charge in [0.05, 0.1) is 11.1 Å². The molecule has 3 aromatic rings. The van der Waals surface area contributed by atoms with Crippen LogP contribution in [0.2, 0.25) is 0 Å². The van der Waals surface area contributed by atoms with Gasteiger partial charge in [0.1, 0.15) is 17.3 Å². The van der Waals surface area contributed by atoms with Crippen molar-refractivity contribution in [2.45, 2.75) is 19.1 Å². The second-order valence-electron chi connectivity index (χ2n) is 8.50. The molecule has 9 heteroatoms. The maximum atomic E-state index is 13.0. The number of alkyl halides is 3. The third kappa shape index (κ3) is 4.66. The number of urea groups is 1. The molecule has 0 bridgehead atoms. The molecule has 0 aliphatic carbocycles. The number of carbonyl (C=O) groups excluding carboxylic acids is 1. The molecule has 2 aliphatic heterocycles. The number of benzene rings is 3. The number of hydrogen-bond donors (Lipinski definition) is 1. The fourth-order valence-corrected chi connectivity index (χ4v) is 4.33. The second-order valence-corrected chi connectivity index (χ2v) is 8.50. The standard InChI is InChI=1S/C26H23F3N4O2/c1-17-16-32(13-14-33(17)25(34)30-19-8-6-7-18(15-19)26(27,28)29)24-20-9-2-4-11-22(20)35-23-12-5-3-10-21(23)31-24/h2-12,15,17H,13-14,16H2,1H3,(H,30,34)/t17-/m1/s1. The van der Waals surface area contributed by atoms with E-state index in [1.54, 1.807) is 4.90 Å². The molecule has 1 fully saturated rings. The summed E-state index contributed by atoms with van der Waals surface area (Å²) in [6.07, 6.45) is -4.47. The second kappa shape index (κ2) is 8.98. The van der Waals surface area contributed by atoms with E-state index in [1.165, 1.54) is 12.1 Å². The normalized spacial score (nSPS) is 17.5. The summed E-state index contributed by atoms with van der Waals surface area (Å²) in [7, 11) is 0. The van der Waals surface area contributed by atoms with Crippen LogP contribution in [0.3, 0.4) is 0 Å². The van der Waals surface area contributed by atoms with Gasteiger partial charge in [-0.25, -0.2) is 9.79 Å². The van der Waals surface area contributed by atoms with E-state index in [0.29, 0.717) is 31.1 Å². The summed E-state index contributed by atoms with van der Waals surface area (Å²) in [5, 5.41) is 2.61. The van der Waals surface area contributed by atoms with Crippen LogP contribution < -0.4 is 10.1 Å². The summed E-state index contributed by atoms with van der Waals surface area (Å²) in [6.45, 7) is 3.31. The Bertz CT molecular complexity index is 1290. The van der Waals surface area contributed by atoms with Crippen LogP contribution in [-0.2, 0) is 6.18 Å². The molecule has 0 aromatic heterocycles. The monoisotopic (exact) mass is 480 g/mol. The molecule has 0 spiro atoms. The number of halogens is 3. The Balaban J connectivity index is 1.35. The van der Waals surface area contributed by atoms with Crippen LogP contribution in [0.4, 0.5) is 29.3 Å². The fourth-order valence-electron chi connectivity index (χ4n) is 4.33. The summed E-state index contributed by atoms with van der Waals surface area (Å²) < 4.78 is 45.2. The van der Waals surface area contributed by atoms with E-state index < -0.39 is 17.8 Å². The van der Waals surface area contributed by atoms with Crippen LogP contribution in [0, 0.1) is 0 Å². The van der Waals surface area contributed by atoms with Crippen molar-refractivity contribution in [3.8, 4) is 11.5 Å². The van der Waals surface area contributed by atoms with Crippen molar-refractivity contribution in [1.29, 1.82) is 0 Å². The van der Waals surface area contributed by atoms with Gasteiger partial charge in [0.25, 0.3) is 0 Å². The predicted molar refractivity (Wildman–Crippen MR) is 127 cm³/mol.